The molecule has 1 aromatic heterocycles. The summed E-state index contributed by atoms with van der Waals surface area (Å²) in [5.74, 6) is 0.614. The van der Waals surface area contributed by atoms with E-state index in [9.17, 15) is 17.5 Å². The molecule has 3 aromatic rings. The van der Waals surface area contributed by atoms with Crippen molar-refractivity contribution in [3.63, 3.8) is 0 Å². The smallest absolute Gasteiger partial charge is 0.261 e. The summed E-state index contributed by atoms with van der Waals surface area (Å²) in [6, 6.07) is 13.4. The summed E-state index contributed by atoms with van der Waals surface area (Å²) in [6.45, 7) is 1.35. The molecule has 4 N–H and O–H groups in total. The van der Waals surface area contributed by atoms with Gasteiger partial charge < -0.3 is 14.6 Å². The van der Waals surface area contributed by atoms with Crippen LogP contribution in [-0.4, -0.2) is 54.2 Å². The lowest BCUT2D eigenvalue weighted by Crippen LogP contribution is -2.57. The zero-order valence-corrected chi connectivity index (χ0v) is 17.7. The maximum absolute atomic E-state index is 12.8. The molecule has 0 bridgehead atoms. The molecule has 2 atom stereocenters. The molecule has 2 aromatic carbocycles. The fourth-order valence-corrected chi connectivity index (χ4v) is 7.41. The molecule has 2 unspecified atom stereocenters. The molecule has 30 heavy (non-hydrogen) atoms. The lowest BCUT2D eigenvalue weighted by Gasteiger charge is -2.39. The molecule has 0 saturated carbocycles. The molecule has 0 spiro atoms. The fraction of sp³-hybridized carbons (Fsp3) is 0.300. The van der Waals surface area contributed by atoms with Gasteiger partial charge in [-0.05, 0) is 30.3 Å². The van der Waals surface area contributed by atoms with Crippen molar-refractivity contribution in [2.24, 2.45) is 0 Å². The number of nitrogens with zero attached hydrogens (tertiary/aromatic N) is 1. The average Bonchev–Trinajstić information content (AvgIpc) is 3.29. The van der Waals surface area contributed by atoms with Crippen LogP contribution in [-0.2, 0) is 10.0 Å². The number of fused-ring (bicyclic) bond motifs is 2. The van der Waals surface area contributed by atoms with E-state index >= 15 is 0 Å². The van der Waals surface area contributed by atoms with Crippen molar-refractivity contribution in [2.45, 2.75) is 17.0 Å². The highest BCUT2D eigenvalue weighted by molar-refractivity contribution is 8.24. The molecule has 8 nitrogen and oxygen atoms in total. The Kier molecular flexibility index (Phi) is 4.71. The van der Waals surface area contributed by atoms with Crippen molar-refractivity contribution < 1.29 is 21.9 Å². The Morgan fingerprint density at radius 1 is 1.13 bits per heavy atom. The summed E-state index contributed by atoms with van der Waals surface area (Å²) in [6.07, 6.45) is 1.58. The predicted octanol–water partition coefficient (Wildman–Crippen LogP) is 3.14. The Morgan fingerprint density at radius 2 is 1.93 bits per heavy atom. The van der Waals surface area contributed by atoms with Gasteiger partial charge in [0.05, 0.1) is 40.1 Å². The van der Waals surface area contributed by atoms with Crippen LogP contribution < -0.4 is 14.9 Å². The van der Waals surface area contributed by atoms with Gasteiger partial charge in [-0.3, -0.25) is 13.8 Å². The summed E-state index contributed by atoms with van der Waals surface area (Å²) < 4.78 is 54.5. The number of nitrogens with one attached hydrogen (secondary N) is 2. The van der Waals surface area contributed by atoms with E-state index in [2.05, 4.69) is 14.9 Å². The van der Waals surface area contributed by atoms with Crippen LogP contribution >= 0.6 is 10.6 Å². The molecule has 0 aliphatic carbocycles. The topological polar surface area (TPSA) is 115 Å². The van der Waals surface area contributed by atoms with Gasteiger partial charge in [-0.25, -0.2) is 8.42 Å². The van der Waals surface area contributed by atoms with Crippen LogP contribution in [0, 0.1) is 0 Å². The minimum absolute atomic E-state index is 0.0292. The number of furan rings is 1. The average molecular weight is 450 g/mol. The number of sulfonamides is 1. The minimum atomic E-state index is -3.74. The third-order valence-electron chi connectivity index (χ3n) is 5.65. The van der Waals surface area contributed by atoms with E-state index < -0.39 is 20.6 Å². The van der Waals surface area contributed by atoms with Gasteiger partial charge in [0.15, 0.2) is 5.58 Å². The molecule has 0 amide bonds. The maximum atomic E-state index is 12.8. The SMILES string of the molecule is O=S(=O)(Nc1cc(N2CCNC3CS(O)(O)CC32)c2occc2c1)c1ccccc1. The molecule has 10 heteroatoms. The first-order valence-corrected chi connectivity index (χ1v) is 13.0. The van der Waals surface area contributed by atoms with Crippen LogP contribution in [0.3, 0.4) is 0 Å². The molecule has 2 aliphatic heterocycles. The summed E-state index contributed by atoms with van der Waals surface area (Å²) in [5, 5.41) is 4.15. The number of hydrogen-bond donors (Lipinski definition) is 4. The predicted molar refractivity (Wildman–Crippen MR) is 119 cm³/mol. The number of piperazine rings is 1. The standard InChI is InChI=1S/C20H23N3O5S2/c24-29(25)12-17-19(13-29)23(8-7-21-17)18-11-15(10-14-6-9-28-20(14)18)22-30(26,27)16-4-2-1-3-5-16/h1-6,9-11,17,19,21-22,24-25H,7-8,12-13H2. The first kappa shape index (κ1) is 19.7. The van der Waals surface area contributed by atoms with Crippen molar-refractivity contribution in [3.8, 4) is 0 Å². The van der Waals surface area contributed by atoms with Crippen molar-refractivity contribution in [3.05, 3.63) is 54.8 Å². The second kappa shape index (κ2) is 7.17. The molecular weight excluding hydrogens is 426 g/mol. The van der Waals surface area contributed by atoms with Gasteiger partial charge in [-0.2, -0.15) is 10.6 Å². The van der Waals surface area contributed by atoms with Crippen LogP contribution in [0.15, 0.2) is 64.1 Å². The van der Waals surface area contributed by atoms with Crippen LogP contribution in [0.5, 0.6) is 0 Å². The van der Waals surface area contributed by atoms with Gasteiger partial charge in [0, 0.05) is 24.5 Å². The number of anilines is 2. The van der Waals surface area contributed by atoms with Gasteiger partial charge in [0.25, 0.3) is 10.0 Å². The van der Waals surface area contributed by atoms with Crippen LogP contribution in [0.1, 0.15) is 0 Å². The molecule has 0 radical (unpaired) electrons. The van der Waals surface area contributed by atoms with Crippen molar-refractivity contribution in [2.75, 3.05) is 34.2 Å². The largest absolute Gasteiger partial charge is 0.462 e. The van der Waals surface area contributed by atoms with Crippen LogP contribution in [0.2, 0.25) is 0 Å². The third-order valence-corrected chi connectivity index (χ3v) is 8.82. The second-order valence-electron chi connectivity index (χ2n) is 7.71. The van der Waals surface area contributed by atoms with Gasteiger partial charge in [0.1, 0.15) is 0 Å². The van der Waals surface area contributed by atoms with Crippen molar-refractivity contribution in [1.82, 2.24) is 5.32 Å². The molecule has 2 fully saturated rings. The molecular formula is C20H23N3O5S2. The minimum Gasteiger partial charge on any atom is -0.462 e. The molecule has 2 aliphatic rings. The van der Waals surface area contributed by atoms with E-state index in [-0.39, 0.29) is 22.7 Å². The van der Waals surface area contributed by atoms with Crippen LogP contribution in [0.25, 0.3) is 11.0 Å². The molecule has 5 rings (SSSR count). The second-order valence-corrected chi connectivity index (χ2v) is 11.7. The number of rotatable bonds is 4. The Bertz CT molecular complexity index is 1180. The summed E-state index contributed by atoms with van der Waals surface area (Å²) in [5.41, 5.74) is 1.83. The summed E-state index contributed by atoms with van der Waals surface area (Å²) in [7, 11) is -6.37. The Labute approximate surface area is 176 Å². The number of benzene rings is 2. The van der Waals surface area contributed by atoms with E-state index in [1.54, 1.807) is 54.8 Å². The third kappa shape index (κ3) is 3.54. The lowest BCUT2D eigenvalue weighted by molar-refractivity contribution is 0.424. The zero-order valence-electron chi connectivity index (χ0n) is 16.1. The van der Waals surface area contributed by atoms with Crippen molar-refractivity contribution in [1.29, 1.82) is 0 Å². The highest BCUT2D eigenvalue weighted by atomic mass is 32.3. The summed E-state index contributed by atoms with van der Waals surface area (Å²) >= 11 is 0. The Hall–Kier alpha value is -2.24. The highest BCUT2D eigenvalue weighted by Gasteiger charge is 2.43. The zero-order chi connectivity index (χ0) is 20.9. The maximum Gasteiger partial charge on any atom is 0.261 e. The molecule has 2 saturated heterocycles. The normalized spacial score (nSPS) is 24.5. The number of hydrogen-bond acceptors (Lipinski definition) is 7. The Balaban J connectivity index is 1.54. The Morgan fingerprint density at radius 3 is 2.73 bits per heavy atom. The van der Waals surface area contributed by atoms with Gasteiger partial charge in [0.2, 0.25) is 0 Å². The van der Waals surface area contributed by atoms with Crippen LogP contribution in [0.4, 0.5) is 11.4 Å². The molecule has 3 heterocycles. The van der Waals surface area contributed by atoms with Gasteiger partial charge >= 0.3 is 0 Å². The van der Waals surface area contributed by atoms with E-state index in [4.69, 9.17) is 4.42 Å². The van der Waals surface area contributed by atoms with E-state index in [0.29, 0.717) is 30.1 Å². The monoisotopic (exact) mass is 449 g/mol. The van der Waals surface area contributed by atoms with Gasteiger partial charge in [-0.15, -0.1) is 0 Å². The quantitative estimate of drug-likeness (QED) is 0.484. The van der Waals surface area contributed by atoms with E-state index in [0.717, 1.165) is 11.1 Å². The fourth-order valence-electron chi connectivity index (χ4n) is 4.34. The lowest BCUT2D eigenvalue weighted by atomic mass is 10.1. The highest BCUT2D eigenvalue weighted by Crippen LogP contribution is 2.49. The molecule has 160 valence electrons. The van der Waals surface area contributed by atoms with E-state index in [1.807, 2.05) is 0 Å². The van der Waals surface area contributed by atoms with E-state index in [1.165, 1.54) is 0 Å². The summed E-state index contributed by atoms with van der Waals surface area (Å²) in [4.78, 5) is 2.29. The van der Waals surface area contributed by atoms with Crippen molar-refractivity contribution >= 4 is 43.0 Å². The first-order chi connectivity index (χ1) is 14.3. The first-order valence-electron chi connectivity index (χ1n) is 9.65. The van der Waals surface area contributed by atoms with Gasteiger partial charge in [-0.1, -0.05) is 18.2 Å².